The highest BCUT2D eigenvalue weighted by Crippen LogP contribution is 2.20. The SMILES string of the molecule is O=C(O)c1cc(CN2CCCCCC2)nc2ccccc12. The quantitative estimate of drug-likeness (QED) is 0.939. The fourth-order valence-electron chi connectivity index (χ4n) is 3.01. The molecule has 2 heterocycles. The topological polar surface area (TPSA) is 53.4 Å². The molecule has 1 aromatic carbocycles. The van der Waals surface area contributed by atoms with Gasteiger partial charge in [0.1, 0.15) is 0 Å². The van der Waals surface area contributed by atoms with Gasteiger partial charge in [-0.1, -0.05) is 31.0 Å². The average molecular weight is 284 g/mol. The molecule has 0 bridgehead atoms. The number of carbonyl (C=O) groups is 1. The van der Waals surface area contributed by atoms with Gasteiger partial charge in [-0.3, -0.25) is 9.88 Å². The Bertz CT molecular complexity index is 646. The number of pyridine rings is 1. The monoisotopic (exact) mass is 284 g/mol. The molecule has 4 nitrogen and oxygen atoms in total. The molecule has 1 N–H and O–H groups in total. The summed E-state index contributed by atoms with van der Waals surface area (Å²) in [5.41, 5.74) is 1.97. The Kier molecular flexibility index (Phi) is 4.15. The maximum Gasteiger partial charge on any atom is 0.336 e. The number of nitrogens with zero attached hydrogens (tertiary/aromatic N) is 2. The maximum atomic E-state index is 11.5. The lowest BCUT2D eigenvalue weighted by Crippen LogP contribution is -2.24. The number of para-hydroxylation sites is 1. The van der Waals surface area contributed by atoms with Crippen LogP contribution < -0.4 is 0 Å². The number of likely N-dealkylation sites (tertiary alicyclic amines) is 1. The summed E-state index contributed by atoms with van der Waals surface area (Å²) in [7, 11) is 0. The fraction of sp³-hybridized carbons (Fsp3) is 0.412. The van der Waals surface area contributed by atoms with Crippen molar-refractivity contribution >= 4 is 16.9 Å². The van der Waals surface area contributed by atoms with E-state index < -0.39 is 5.97 Å². The molecule has 0 amide bonds. The number of fused-ring (bicyclic) bond motifs is 1. The van der Waals surface area contributed by atoms with Gasteiger partial charge in [0.2, 0.25) is 0 Å². The molecule has 1 fully saturated rings. The fourth-order valence-corrected chi connectivity index (χ4v) is 3.01. The van der Waals surface area contributed by atoms with Gasteiger partial charge >= 0.3 is 5.97 Å². The molecule has 3 rings (SSSR count). The molecule has 0 radical (unpaired) electrons. The lowest BCUT2D eigenvalue weighted by molar-refractivity contribution is 0.0698. The second kappa shape index (κ2) is 6.22. The van der Waals surface area contributed by atoms with Crippen molar-refractivity contribution < 1.29 is 9.90 Å². The molecule has 1 aromatic heterocycles. The molecule has 21 heavy (non-hydrogen) atoms. The van der Waals surface area contributed by atoms with Crippen molar-refractivity contribution in [2.24, 2.45) is 0 Å². The van der Waals surface area contributed by atoms with Crippen molar-refractivity contribution in [2.75, 3.05) is 13.1 Å². The second-order valence-corrected chi connectivity index (χ2v) is 5.67. The van der Waals surface area contributed by atoms with Gasteiger partial charge in [-0.05, 0) is 38.1 Å². The number of carboxylic acid groups (broad SMARTS) is 1. The minimum absolute atomic E-state index is 0.352. The number of hydrogen-bond acceptors (Lipinski definition) is 3. The van der Waals surface area contributed by atoms with Crippen LogP contribution >= 0.6 is 0 Å². The minimum atomic E-state index is -0.884. The van der Waals surface area contributed by atoms with E-state index >= 15 is 0 Å². The molecule has 2 aromatic rings. The third-order valence-corrected chi connectivity index (χ3v) is 4.08. The molecule has 4 heteroatoms. The van der Waals surface area contributed by atoms with E-state index in [1.54, 1.807) is 6.07 Å². The van der Waals surface area contributed by atoms with Crippen LogP contribution in [-0.4, -0.2) is 34.0 Å². The zero-order chi connectivity index (χ0) is 14.7. The number of hydrogen-bond donors (Lipinski definition) is 1. The predicted octanol–water partition coefficient (Wildman–Crippen LogP) is 3.31. The highest BCUT2D eigenvalue weighted by atomic mass is 16.4. The summed E-state index contributed by atoms with van der Waals surface area (Å²) in [4.78, 5) is 18.5. The van der Waals surface area contributed by atoms with Gasteiger partial charge in [0.15, 0.2) is 0 Å². The Morgan fingerprint density at radius 2 is 1.86 bits per heavy atom. The Morgan fingerprint density at radius 1 is 1.14 bits per heavy atom. The zero-order valence-electron chi connectivity index (χ0n) is 12.1. The smallest absolute Gasteiger partial charge is 0.336 e. The Morgan fingerprint density at radius 3 is 2.57 bits per heavy atom. The number of aromatic nitrogens is 1. The first-order chi connectivity index (χ1) is 10.2. The number of rotatable bonds is 3. The van der Waals surface area contributed by atoms with Gasteiger partial charge in [0.25, 0.3) is 0 Å². The third-order valence-electron chi connectivity index (χ3n) is 4.08. The first-order valence-corrected chi connectivity index (χ1v) is 7.58. The number of benzene rings is 1. The van der Waals surface area contributed by atoms with Gasteiger partial charge < -0.3 is 5.11 Å². The highest BCUT2D eigenvalue weighted by molar-refractivity contribution is 6.02. The van der Waals surface area contributed by atoms with Crippen molar-refractivity contribution in [1.29, 1.82) is 0 Å². The summed E-state index contributed by atoms with van der Waals surface area (Å²) in [5.74, 6) is -0.884. The first-order valence-electron chi connectivity index (χ1n) is 7.58. The number of aromatic carboxylic acids is 1. The first kappa shape index (κ1) is 14.0. The summed E-state index contributed by atoms with van der Waals surface area (Å²) in [6.45, 7) is 2.90. The minimum Gasteiger partial charge on any atom is -0.478 e. The Balaban J connectivity index is 1.93. The third kappa shape index (κ3) is 3.22. The highest BCUT2D eigenvalue weighted by Gasteiger charge is 2.14. The molecule has 1 aliphatic heterocycles. The standard InChI is InChI=1S/C17H20N2O2/c20-17(21)15-11-13(12-19-9-5-1-2-6-10-19)18-16-8-4-3-7-14(15)16/h3-4,7-8,11H,1-2,5-6,9-10,12H2,(H,20,21). The van der Waals surface area contributed by atoms with E-state index in [0.29, 0.717) is 10.9 Å². The summed E-state index contributed by atoms with van der Waals surface area (Å²) < 4.78 is 0. The van der Waals surface area contributed by atoms with Crippen molar-refractivity contribution in [1.82, 2.24) is 9.88 Å². The van der Waals surface area contributed by atoms with E-state index in [9.17, 15) is 9.90 Å². The van der Waals surface area contributed by atoms with Crippen molar-refractivity contribution in [3.05, 3.63) is 41.6 Å². The van der Waals surface area contributed by atoms with E-state index in [-0.39, 0.29) is 0 Å². The zero-order valence-corrected chi connectivity index (χ0v) is 12.1. The molecule has 0 spiro atoms. The molecule has 1 saturated heterocycles. The molecule has 0 atom stereocenters. The van der Waals surface area contributed by atoms with E-state index in [2.05, 4.69) is 9.88 Å². The second-order valence-electron chi connectivity index (χ2n) is 5.67. The van der Waals surface area contributed by atoms with Crippen LogP contribution in [0.2, 0.25) is 0 Å². The van der Waals surface area contributed by atoms with Crippen molar-refractivity contribution in [3.8, 4) is 0 Å². The summed E-state index contributed by atoms with van der Waals surface area (Å²) in [6.07, 6.45) is 5.03. The van der Waals surface area contributed by atoms with E-state index in [4.69, 9.17) is 0 Å². The van der Waals surface area contributed by atoms with Crippen LogP contribution in [0.15, 0.2) is 30.3 Å². The van der Waals surface area contributed by atoms with Crippen molar-refractivity contribution in [2.45, 2.75) is 32.2 Å². The van der Waals surface area contributed by atoms with Crippen molar-refractivity contribution in [3.63, 3.8) is 0 Å². The predicted molar refractivity (Wildman–Crippen MR) is 82.4 cm³/mol. The molecule has 110 valence electrons. The van der Waals surface area contributed by atoms with E-state index in [1.807, 2.05) is 24.3 Å². The molecule has 1 aliphatic rings. The van der Waals surface area contributed by atoms with Crippen LogP contribution in [0, 0.1) is 0 Å². The number of carboxylic acids is 1. The van der Waals surface area contributed by atoms with Crippen LogP contribution in [0.1, 0.15) is 41.7 Å². The summed E-state index contributed by atoms with van der Waals surface area (Å²) in [5, 5.41) is 10.1. The van der Waals surface area contributed by atoms with Gasteiger partial charge in [0.05, 0.1) is 16.8 Å². The molecule has 0 aliphatic carbocycles. The summed E-state index contributed by atoms with van der Waals surface area (Å²) in [6, 6.07) is 9.19. The maximum absolute atomic E-state index is 11.5. The van der Waals surface area contributed by atoms with Crippen LogP contribution in [0.5, 0.6) is 0 Å². The lowest BCUT2D eigenvalue weighted by atomic mass is 10.1. The van der Waals surface area contributed by atoms with Crippen LogP contribution in [0.25, 0.3) is 10.9 Å². The Labute approximate surface area is 124 Å². The van der Waals surface area contributed by atoms with Crippen LogP contribution in [0.4, 0.5) is 0 Å². The van der Waals surface area contributed by atoms with Crippen LogP contribution in [-0.2, 0) is 6.54 Å². The van der Waals surface area contributed by atoms with E-state index in [0.717, 1.165) is 30.8 Å². The molecular formula is C17H20N2O2. The summed E-state index contributed by atoms with van der Waals surface area (Å²) >= 11 is 0. The normalized spacial score (nSPS) is 16.8. The lowest BCUT2D eigenvalue weighted by Gasteiger charge is -2.19. The molecular weight excluding hydrogens is 264 g/mol. The van der Waals surface area contributed by atoms with Gasteiger partial charge in [-0.25, -0.2) is 4.79 Å². The molecule has 0 saturated carbocycles. The largest absolute Gasteiger partial charge is 0.478 e. The average Bonchev–Trinajstić information content (AvgIpc) is 2.75. The van der Waals surface area contributed by atoms with Gasteiger partial charge in [-0.2, -0.15) is 0 Å². The Hall–Kier alpha value is -1.94. The van der Waals surface area contributed by atoms with Crippen LogP contribution in [0.3, 0.4) is 0 Å². The van der Waals surface area contributed by atoms with E-state index in [1.165, 1.54) is 25.7 Å². The van der Waals surface area contributed by atoms with Gasteiger partial charge in [0, 0.05) is 11.9 Å². The van der Waals surface area contributed by atoms with Gasteiger partial charge in [-0.15, -0.1) is 0 Å². The molecule has 0 unspecified atom stereocenters.